The maximum absolute atomic E-state index is 9.88. The monoisotopic (exact) mass is 271 g/mol. The van der Waals surface area contributed by atoms with E-state index in [0.29, 0.717) is 19.6 Å². The minimum absolute atomic E-state index is 0.143. The second-order valence-electron chi connectivity index (χ2n) is 3.02. The summed E-state index contributed by atoms with van der Waals surface area (Å²) in [6, 6.07) is 0. The lowest BCUT2D eigenvalue weighted by Crippen LogP contribution is -2.31. The molecule has 0 bridgehead atoms. The molecule has 0 amide bonds. The molecule has 0 atom stereocenters. The molecule has 7 nitrogen and oxygen atoms in total. The lowest BCUT2D eigenvalue weighted by molar-refractivity contribution is 0.160. The van der Waals surface area contributed by atoms with Gasteiger partial charge in [-0.05, 0) is 19.5 Å². The Kier molecular flexibility index (Phi) is 17.9. The van der Waals surface area contributed by atoms with Crippen molar-refractivity contribution in [3.8, 4) is 0 Å². The van der Waals surface area contributed by atoms with Crippen LogP contribution in [0.1, 0.15) is 6.42 Å². The standard InChI is InChI=1S/C7H18N2O2.C2H6O3P/c8-2-1-3-9(4-6-10)5-7-11;1-4-6(3)5-2/h10-11H,1-8H2;1-2H3/q;+1. The van der Waals surface area contributed by atoms with Gasteiger partial charge in [-0.15, -0.1) is 9.05 Å². The number of rotatable bonds is 9. The first kappa shape index (κ1) is 19.2. The van der Waals surface area contributed by atoms with Crippen LogP contribution in [0.3, 0.4) is 0 Å². The summed E-state index contributed by atoms with van der Waals surface area (Å²) >= 11 is 0. The van der Waals surface area contributed by atoms with Crippen molar-refractivity contribution in [2.75, 3.05) is 53.6 Å². The van der Waals surface area contributed by atoms with Crippen LogP contribution in [-0.4, -0.2) is 68.7 Å². The molecule has 0 aromatic rings. The zero-order valence-electron chi connectivity index (χ0n) is 10.5. The molecule has 0 rings (SSSR count). The quantitative estimate of drug-likeness (QED) is 0.488. The van der Waals surface area contributed by atoms with Crippen LogP contribution in [-0.2, 0) is 13.6 Å². The zero-order valence-corrected chi connectivity index (χ0v) is 11.4. The Morgan fingerprint density at radius 3 is 1.82 bits per heavy atom. The number of aliphatic hydroxyl groups excluding tert-OH is 2. The van der Waals surface area contributed by atoms with Crippen LogP contribution in [0, 0.1) is 0 Å². The number of hydrogen-bond acceptors (Lipinski definition) is 7. The third-order valence-electron chi connectivity index (χ3n) is 1.81. The largest absolute Gasteiger partial charge is 0.696 e. The first-order valence-corrected chi connectivity index (χ1v) is 6.45. The summed E-state index contributed by atoms with van der Waals surface area (Å²) in [5.41, 5.74) is 5.32. The minimum Gasteiger partial charge on any atom is -0.395 e. The van der Waals surface area contributed by atoms with Crippen molar-refractivity contribution in [3.05, 3.63) is 0 Å². The second-order valence-corrected chi connectivity index (χ2v) is 4.20. The molecule has 0 saturated carbocycles. The molecule has 8 heteroatoms. The van der Waals surface area contributed by atoms with E-state index in [9.17, 15) is 4.57 Å². The predicted octanol–water partition coefficient (Wildman–Crippen LogP) is -0.442. The van der Waals surface area contributed by atoms with E-state index in [1.165, 1.54) is 14.2 Å². The maximum atomic E-state index is 9.88. The molecular formula is C9H24N2O5P+. The van der Waals surface area contributed by atoms with Crippen LogP contribution in [0.2, 0.25) is 0 Å². The predicted molar refractivity (Wildman–Crippen MR) is 65.9 cm³/mol. The Balaban J connectivity index is 0. The van der Waals surface area contributed by atoms with E-state index in [0.717, 1.165) is 13.0 Å². The molecule has 0 aromatic carbocycles. The maximum Gasteiger partial charge on any atom is 0.696 e. The number of hydrogen-bond donors (Lipinski definition) is 3. The van der Waals surface area contributed by atoms with E-state index in [-0.39, 0.29) is 13.2 Å². The zero-order chi connectivity index (χ0) is 13.5. The van der Waals surface area contributed by atoms with Crippen molar-refractivity contribution in [1.82, 2.24) is 4.90 Å². The highest BCUT2D eigenvalue weighted by molar-refractivity contribution is 7.33. The summed E-state index contributed by atoms with van der Waals surface area (Å²) in [5, 5.41) is 17.2. The van der Waals surface area contributed by atoms with Crippen molar-refractivity contribution < 1.29 is 23.8 Å². The fraction of sp³-hybridized carbons (Fsp3) is 1.00. The smallest absolute Gasteiger partial charge is 0.395 e. The van der Waals surface area contributed by atoms with Crippen LogP contribution in [0.4, 0.5) is 0 Å². The lowest BCUT2D eigenvalue weighted by Gasteiger charge is -2.19. The molecule has 0 unspecified atom stereocenters. The highest BCUT2D eigenvalue weighted by Gasteiger charge is 2.10. The molecule has 0 aromatic heterocycles. The van der Waals surface area contributed by atoms with Crippen LogP contribution >= 0.6 is 8.25 Å². The molecule has 0 fully saturated rings. The minimum atomic E-state index is -1.83. The normalized spacial score (nSPS) is 10.0. The molecule has 0 aliphatic rings. The van der Waals surface area contributed by atoms with E-state index in [1.54, 1.807) is 0 Å². The van der Waals surface area contributed by atoms with E-state index in [4.69, 9.17) is 15.9 Å². The number of nitrogens with two attached hydrogens (primary N) is 1. The Morgan fingerprint density at radius 1 is 1.12 bits per heavy atom. The Bertz CT molecular complexity index is 161. The summed E-state index contributed by atoms with van der Waals surface area (Å²) in [6.45, 7) is 3.06. The third kappa shape index (κ3) is 15.9. The van der Waals surface area contributed by atoms with E-state index in [1.807, 2.05) is 4.90 Å². The van der Waals surface area contributed by atoms with Crippen molar-refractivity contribution in [2.45, 2.75) is 6.42 Å². The van der Waals surface area contributed by atoms with Gasteiger partial charge in [-0.1, -0.05) is 0 Å². The molecule has 0 heterocycles. The number of nitrogens with zero attached hydrogens (tertiary/aromatic N) is 1. The second kappa shape index (κ2) is 15.9. The molecule has 0 aliphatic heterocycles. The van der Waals surface area contributed by atoms with E-state index in [2.05, 4.69) is 9.05 Å². The van der Waals surface area contributed by atoms with Gasteiger partial charge in [-0.2, -0.15) is 0 Å². The topological polar surface area (TPSA) is 105 Å². The average Bonchev–Trinajstić information content (AvgIpc) is 2.36. The van der Waals surface area contributed by atoms with Gasteiger partial charge in [0.15, 0.2) is 0 Å². The first-order valence-electron chi connectivity index (χ1n) is 5.35. The van der Waals surface area contributed by atoms with Gasteiger partial charge in [-0.3, -0.25) is 4.90 Å². The SMILES string of the molecule is CO[P+](=O)OC.NCCCN(CCO)CCO. The van der Waals surface area contributed by atoms with Gasteiger partial charge in [0.05, 0.1) is 27.4 Å². The Labute approximate surface area is 103 Å². The van der Waals surface area contributed by atoms with Gasteiger partial charge in [0, 0.05) is 17.7 Å². The van der Waals surface area contributed by atoms with Gasteiger partial charge in [0.1, 0.15) is 0 Å². The summed E-state index contributed by atoms with van der Waals surface area (Å²) < 4.78 is 18.3. The summed E-state index contributed by atoms with van der Waals surface area (Å²) in [4.78, 5) is 1.99. The van der Waals surface area contributed by atoms with Crippen molar-refractivity contribution in [2.24, 2.45) is 5.73 Å². The van der Waals surface area contributed by atoms with Gasteiger partial charge in [0.25, 0.3) is 0 Å². The fourth-order valence-electron chi connectivity index (χ4n) is 1.01. The van der Waals surface area contributed by atoms with Gasteiger partial charge in [0.2, 0.25) is 0 Å². The van der Waals surface area contributed by atoms with Crippen molar-refractivity contribution in [3.63, 3.8) is 0 Å². The third-order valence-corrected chi connectivity index (χ3v) is 2.41. The Hall–Kier alpha value is -0.140. The van der Waals surface area contributed by atoms with E-state index >= 15 is 0 Å². The summed E-state index contributed by atoms with van der Waals surface area (Å²) in [6.07, 6.45) is 0.917. The van der Waals surface area contributed by atoms with Crippen LogP contribution in [0.5, 0.6) is 0 Å². The van der Waals surface area contributed by atoms with Crippen LogP contribution in [0.15, 0.2) is 0 Å². The molecule has 17 heavy (non-hydrogen) atoms. The summed E-state index contributed by atoms with van der Waals surface area (Å²) in [7, 11) is 0.817. The van der Waals surface area contributed by atoms with Gasteiger partial charge < -0.3 is 15.9 Å². The summed E-state index contributed by atoms with van der Waals surface area (Å²) in [5.74, 6) is 0. The molecule has 0 spiro atoms. The Morgan fingerprint density at radius 2 is 1.59 bits per heavy atom. The molecule has 0 aliphatic carbocycles. The van der Waals surface area contributed by atoms with E-state index < -0.39 is 8.25 Å². The van der Waals surface area contributed by atoms with Crippen molar-refractivity contribution in [1.29, 1.82) is 0 Å². The van der Waals surface area contributed by atoms with Crippen LogP contribution < -0.4 is 5.73 Å². The molecular weight excluding hydrogens is 247 g/mol. The first-order chi connectivity index (χ1) is 8.15. The lowest BCUT2D eigenvalue weighted by atomic mass is 10.3. The molecule has 0 saturated heterocycles. The van der Waals surface area contributed by atoms with Gasteiger partial charge in [-0.25, -0.2) is 0 Å². The molecule has 0 radical (unpaired) electrons. The highest BCUT2D eigenvalue weighted by Crippen LogP contribution is 2.18. The highest BCUT2D eigenvalue weighted by atomic mass is 31.1. The molecule has 4 N–H and O–H groups in total. The van der Waals surface area contributed by atoms with Gasteiger partial charge >= 0.3 is 8.25 Å². The number of aliphatic hydroxyl groups is 2. The fourth-order valence-corrected chi connectivity index (χ4v) is 1.16. The average molecular weight is 271 g/mol. The van der Waals surface area contributed by atoms with Crippen LogP contribution in [0.25, 0.3) is 0 Å². The molecule has 104 valence electrons. The van der Waals surface area contributed by atoms with Crippen molar-refractivity contribution >= 4 is 8.25 Å².